The van der Waals surface area contributed by atoms with Crippen molar-refractivity contribution in [2.45, 2.75) is 43.5 Å². The standard InChI is InChI=1S/C17H22ClNOS/c1-10(14-8-11-3-4-12(14)7-11)19-17(20)15-9-13(21-2)5-6-16(15)18/h5-6,9-12,14H,3-4,7-8H2,1-2H3,(H,19,20). The molecule has 0 aliphatic heterocycles. The van der Waals surface area contributed by atoms with Crippen LogP contribution in [0.2, 0.25) is 5.02 Å². The molecule has 4 unspecified atom stereocenters. The topological polar surface area (TPSA) is 29.1 Å². The molecular formula is C17H22ClNOS. The molecule has 1 amide bonds. The summed E-state index contributed by atoms with van der Waals surface area (Å²) in [7, 11) is 0. The Bertz CT molecular complexity index is 548. The molecular weight excluding hydrogens is 302 g/mol. The Morgan fingerprint density at radius 2 is 2.19 bits per heavy atom. The smallest absolute Gasteiger partial charge is 0.253 e. The Hall–Kier alpha value is -0.670. The molecule has 2 fully saturated rings. The highest BCUT2D eigenvalue weighted by Crippen LogP contribution is 2.49. The number of hydrogen-bond donors (Lipinski definition) is 1. The van der Waals surface area contributed by atoms with E-state index in [9.17, 15) is 4.79 Å². The van der Waals surface area contributed by atoms with E-state index in [-0.39, 0.29) is 11.9 Å². The van der Waals surface area contributed by atoms with Crippen LogP contribution >= 0.6 is 23.4 Å². The van der Waals surface area contributed by atoms with Gasteiger partial charge in [-0.2, -0.15) is 0 Å². The van der Waals surface area contributed by atoms with Crippen LogP contribution in [-0.2, 0) is 0 Å². The van der Waals surface area contributed by atoms with E-state index in [4.69, 9.17) is 11.6 Å². The molecule has 4 atom stereocenters. The number of thioether (sulfide) groups is 1. The van der Waals surface area contributed by atoms with Gasteiger partial charge >= 0.3 is 0 Å². The monoisotopic (exact) mass is 323 g/mol. The van der Waals surface area contributed by atoms with Crippen LogP contribution in [0.5, 0.6) is 0 Å². The van der Waals surface area contributed by atoms with Crippen LogP contribution in [0.1, 0.15) is 43.0 Å². The number of benzene rings is 1. The first kappa shape index (κ1) is 15.2. The van der Waals surface area contributed by atoms with Gasteiger partial charge in [-0.25, -0.2) is 0 Å². The molecule has 21 heavy (non-hydrogen) atoms. The largest absolute Gasteiger partial charge is 0.349 e. The predicted molar refractivity (Wildman–Crippen MR) is 89.1 cm³/mol. The second-order valence-corrected chi connectivity index (χ2v) is 7.73. The summed E-state index contributed by atoms with van der Waals surface area (Å²) in [4.78, 5) is 13.6. The van der Waals surface area contributed by atoms with Crippen molar-refractivity contribution in [1.82, 2.24) is 5.32 Å². The van der Waals surface area contributed by atoms with Gasteiger partial charge in [-0.1, -0.05) is 18.0 Å². The van der Waals surface area contributed by atoms with Gasteiger partial charge in [0.25, 0.3) is 5.91 Å². The molecule has 3 rings (SSSR count). The quantitative estimate of drug-likeness (QED) is 0.819. The predicted octanol–water partition coefficient (Wildman–Crippen LogP) is 4.62. The molecule has 2 aliphatic rings. The van der Waals surface area contributed by atoms with Crippen LogP contribution in [0.15, 0.2) is 23.1 Å². The number of amides is 1. The lowest BCUT2D eigenvalue weighted by molar-refractivity contribution is 0.0915. The zero-order valence-corrected chi connectivity index (χ0v) is 14.1. The van der Waals surface area contributed by atoms with Crippen LogP contribution in [0.4, 0.5) is 0 Å². The van der Waals surface area contributed by atoms with Gasteiger partial charge in [-0.15, -0.1) is 11.8 Å². The minimum absolute atomic E-state index is 0.0360. The van der Waals surface area contributed by atoms with Gasteiger partial charge in [0.05, 0.1) is 10.6 Å². The SMILES string of the molecule is CSc1ccc(Cl)c(C(=O)NC(C)C2CC3CCC2C3)c1. The van der Waals surface area contributed by atoms with E-state index in [2.05, 4.69) is 12.2 Å². The van der Waals surface area contributed by atoms with Gasteiger partial charge in [0, 0.05) is 10.9 Å². The molecule has 4 heteroatoms. The fourth-order valence-electron chi connectivity index (χ4n) is 4.10. The van der Waals surface area contributed by atoms with E-state index < -0.39 is 0 Å². The fourth-order valence-corrected chi connectivity index (χ4v) is 4.75. The average molecular weight is 324 g/mol. The first-order valence-corrected chi connectivity index (χ1v) is 9.33. The summed E-state index contributed by atoms with van der Waals surface area (Å²) in [5, 5.41) is 3.72. The van der Waals surface area contributed by atoms with Crippen LogP contribution in [0.25, 0.3) is 0 Å². The number of hydrogen-bond acceptors (Lipinski definition) is 2. The second-order valence-electron chi connectivity index (χ2n) is 6.45. The van der Waals surface area contributed by atoms with Crippen molar-refractivity contribution in [3.05, 3.63) is 28.8 Å². The van der Waals surface area contributed by atoms with Crippen molar-refractivity contribution in [2.24, 2.45) is 17.8 Å². The van der Waals surface area contributed by atoms with Crippen LogP contribution < -0.4 is 5.32 Å². The normalized spacial score (nSPS) is 28.6. The number of carbonyl (C=O) groups is 1. The Balaban J connectivity index is 1.68. The fraction of sp³-hybridized carbons (Fsp3) is 0.588. The van der Waals surface area contributed by atoms with E-state index in [1.165, 1.54) is 25.7 Å². The lowest BCUT2D eigenvalue weighted by Gasteiger charge is -2.28. The van der Waals surface area contributed by atoms with Gasteiger partial charge in [-0.3, -0.25) is 4.79 Å². The Kier molecular flexibility index (Phi) is 4.51. The summed E-state index contributed by atoms with van der Waals surface area (Å²) in [6.45, 7) is 2.15. The molecule has 2 aliphatic carbocycles. The maximum Gasteiger partial charge on any atom is 0.253 e. The molecule has 2 nitrogen and oxygen atoms in total. The highest BCUT2D eigenvalue weighted by atomic mass is 35.5. The minimum atomic E-state index is -0.0360. The van der Waals surface area contributed by atoms with Crippen LogP contribution in [-0.4, -0.2) is 18.2 Å². The number of fused-ring (bicyclic) bond motifs is 2. The molecule has 1 aromatic carbocycles. The molecule has 2 bridgehead atoms. The summed E-state index contributed by atoms with van der Waals surface area (Å²) in [5.41, 5.74) is 0.596. The zero-order valence-electron chi connectivity index (χ0n) is 12.6. The number of nitrogens with one attached hydrogen (secondary N) is 1. The number of halogens is 1. The molecule has 114 valence electrons. The van der Waals surface area contributed by atoms with Gasteiger partial charge in [0.2, 0.25) is 0 Å². The lowest BCUT2D eigenvalue weighted by Crippen LogP contribution is -2.40. The molecule has 0 radical (unpaired) electrons. The lowest BCUT2D eigenvalue weighted by atomic mass is 9.84. The third-order valence-electron chi connectivity index (χ3n) is 5.21. The van der Waals surface area contributed by atoms with Gasteiger partial charge < -0.3 is 5.32 Å². The molecule has 1 N–H and O–H groups in total. The van der Waals surface area contributed by atoms with Crippen molar-refractivity contribution in [3.8, 4) is 0 Å². The maximum atomic E-state index is 12.5. The maximum absolute atomic E-state index is 12.5. The summed E-state index contributed by atoms with van der Waals surface area (Å²) < 4.78 is 0. The molecule has 0 heterocycles. The van der Waals surface area contributed by atoms with E-state index in [0.29, 0.717) is 16.5 Å². The highest BCUT2D eigenvalue weighted by Gasteiger charge is 2.42. The average Bonchev–Trinajstić information content (AvgIpc) is 3.10. The third kappa shape index (κ3) is 3.09. The Labute approximate surface area is 136 Å². The van der Waals surface area contributed by atoms with Gasteiger partial charge in [0.15, 0.2) is 0 Å². The first-order valence-electron chi connectivity index (χ1n) is 7.73. The first-order chi connectivity index (χ1) is 10.1. The van der Waals surface area contributed by atoms with E-state index >= 15 is 0 Å². The zero-order chi connectivity index (χ0) is 15.0. The molecule has 1 aromatic rings. The van der Waals surface area contributed by atoms with Crippen molar-refractivity contribution in [3.63, 3.8) is 0 Å². The summed E-state index contributed by atoms with van der Waals surface area (Å²) >= 11 is 7.81. The summed E-state index contributed by atoms with van der Waals surface area (Å²) in [5.74, 6) is 2.34. The van der Waals surface area contributed by atoms with Gasteiger partial charge in [0.1, 0.15) is 0 Å². The van der Waals surface area contributed by atoms with E-state index in [1.807, 2.05) is 24.5 Å². The van der Waals surface area contributed by atoms with Crippen LogP contribution in [0.3, 0.4) is 0 Å². The third-order valence-corrected chi connectivity index (χ3v) is 6.27. The molecule has 0 spiro atoms. The molecule has 0 saturated heterocycles. The summed E-state index contributed by atoms with van der Waals surface area (Å²) in [6, 6.07) is 5.88. The number of rotatable bonds is 4. The highest BCUT2D eigenvalue weighted by molar-refractivity contribution is 7.98. The van der Waals surface area contributed by atoms with Crippen molar-refractivity contribution in [1.29, 1.82) is 0 Å². The van der Waals surface area contributed by atoms with Crippen molar-refractivity contribution in [2.75, 3.05) is 6.26 Å². The van der Waals surface area contributed by atoms with Crippen molar-refractivity contribution >= 4 is 29.3 Å². The second kappa shape index (κ2) is 6.21. The Morgan fingerprint density at radius 1 is 1.38 bits per heavy atom. The van der Waals surface area contributed by atoms with E-state index in [1.54, 1.807) is 11.8 Å². The summed E-state index contributed by atoms with van der Waals surface area (Å²) in [6.07, 6.45) is 7.39. The van der Waals surface area contributed by atoms with Crippen molar-refractivity contribution < 1.29 is 4.79 Å². The van der Waals surface area contributed by atoms with E-state index in [0.717, 1.165) is 16.7 Å². The molecule has 0 aromatic heterocycles. The van der Waals surface area contributed by atoms with Gasteiger partial charge in [-0.05, 0) is 68.4 Å². The number of carbonyl (C=O) groups excluding carboxylic acids is 1. The van der Waals surface area contributed by atoms with Crippen LogP contribution in [0, 0.1) is 17.8 Å². The minimum Gasteiger partial charge on any atom is -0.349 e. The Morgan fingerprint density at radius 3 is 2.81 bits per heavy atom. The molecule has 2 saturated carbocycles.